The van der Waals surface area contributed by atoms with Gasteiger partial charge in [-0.25, -0.2) is 0 Å². The summed E-state index contributed by atoms with van der Waals surface area (Å²) in [6.45, 7) is 2.60. The van der Waals surface area contributed by atoms with Crippen LogP contribution in [-0.2, 0) is 14.3 Å². The monoisotopic (exact) mass is 270 g/mol. The van der Waals surface area contributed by atoms with Crippen LogP contribution in [-0.4, -0.2) is 30.1 Å². The highest BCUT2D eigenvalue weighted by molar-refractivity contribution is 6.03. The van der Waals surface area contributed by atoms with Gasteiger partial charge in [0.15, 0.2) is 5.78 Å². The van der Waals surface area contributed by atoms with E-state index >= 15 is 0 Å². The normalized spacial score (nSPS) is 23.5. The fourth-order valence-corrected chi connectivity index (χ4v) is 2.61. The minimum atomic E-state index is -1.26. The summed E-state index contributed by atoms with van der Waals surface area (Å²) in [6, 6.07) is 0. The van der Waals surface area contributed by atoms with Crippen molar-refractivity contribution in [2.45, 2.75) is 64.7 Å². The zero-order valence-corrected chi connectivity index (χ0v) is 12.0. The first-order valence-electron chi connectivity index (χ1n) is 7.48. The number of carboxylic acid groups (broad SMARTS) is 1. The van der Waals surface area contributed by atoms with Gasteiger partial charge in [-0.2, -0.15) is 0 Å². The lowest BCUT2D eigenvalue weighted by molar-refractivity contribution is -0.165. The summed E-state index contributed by atoms with van der Waals surface area (Å²) >= 11 is 0. The molecule has 0 aromatic rings. The first-order valence-corrected chi connectivity index (χ1v) is 7.48. The molecule has 0 saturated carbocycles. The molecule has 1 unspecified atom stereocenters. The van der Waals surface area contributed by atoms with E-state index in [1.54, 1.807) is 0 Å². The highest BCUT2D eigenvalue weighted by Crippen LogP contribution is 2.32. The van der Waals surface area contributed by atoms with E-state index in [-0.39, 0.29) is 18.8 Å². The van der Waals surface area contributed by atoms with Gasteiger partial charge in [-0.1, -0.05) is 51.9 Å². The summed E-state index contributed by atoms with van der Waals surface area (Å²) in [5, 5.41) is 9.33. The predicted octanol–water partition coefficient (Wildman–Crippen LogP) is 3.19. The van der Waals surface area contributed by atoms with E-state index in [4.69, 9.17) is 4.74 Å². The van der Waals surface area contributed by atoms with Gasteiger partial charge in [-0.3, -0.25) is 9.59 Å². The SMILES string of the molecule is CCCCCCCCCC1(C(=O)O)COCCC1=O. The minimum absolute atomic E-state index is 0.0526. The molecule has 1 saturated heterocycles. The molecule has 1 rings (SSSR count). The Kier molecular flexibility index (Phi) is 7.06. The molecule has 19 heavy (non-hydrogen) atoms. The lowest BCUT2D eigenvalue weighted by atomic mass is 9.77. The van der Waals surface area contributed by atoms with Gasteiger partial charge < -0.3 is 9.84 Å². The number of ether oxygens (including phenoxy) is 1. The molecule has 1 aliphatic rings. The molecule has 4 heteroatoms. The van der Waals surface area contributed by atoms with Crippen LogP contribution >= 0.6 is 0 Å². The number of rotatable bonds is 9. The second-order valence-electron chi connectivity index (χ2n) is 5.48. The average Bonchev–Trinajstić information content (AvgIpc) is 2.39. The number of aliphatic carboxylic acids is 1. The number of carboxylic acids is 1. The molecule has 1 fully saturated rings. The molecule has 0 bridgehead atoms. The third-order valence-corrected chi connectivity index (χ3v) is 3.97. The third-order valence-electron chi connectivity index (χ3n) is 3.97. The van der Waals surface area contributed by atoms with Gasteiger partial charge in [-0.15, -0.1) is 0 Å². The van der Waals surface area contributed by atoms with E-state index in [0.29, 0.717) is 13.0 Å². The van der Waals surface area contributed by atoms with Gasteiger partial charge in [0.25, 0.3) is 0 Å². The summed E-state index contributed by atoms with van der Waals surface area (Å²) in [7, 11) is 0. The van der Waals surface area contributed by atoms with Gasteiger partial charge >= 0.3 is 5.97 Å². The Hall–Kier alpha value is -0.900. The largest absolute Gasteiger partial charge is 0.480 e. The van der Waals surface area contributed by atoms with Crippen LogP contribution in [0.15, 0.2) is 0 Å². The lowest BCUT2D eigenvalue weighted by Crippen LogP contribution is -2.47. The number of carbonyl (C=O) groups is 2. The van der Waals surface area contributed by atoms with Crippen molar-refractivity contribution in [2.24, 2.45) is 5.41 Å². The molecule has 0 amide bonds. The maximum atomic E-state index is 11.9. The summed E-state index contributed by atoms with van der Waals surface area (Å²) in [6.07, 6.45) is 8.56. The number of hydrogen-bond acceptors (Lipinski definition) is 3. The van der Waals surface area contributed by atoms with Gasteiger partial charge in [0, 0.05) is 6.42 Å². The Bertz CT molecular complexity index is 301. The lowest BCUT2D eigenvalue weighted by Gasteiger charge is -2.31. The van der Waals surface area contributed by atoms with E-state index < -0.39 is 11.4 Å². The zero-order chi connectivity index (χ0) is 14.1. The maximum Gasteiger partial charge on any atom is 0.319 e. The van der Waals surface area contributed by atoms with Crippen molar-refractivity contribution < 1.29 is 19.4 Å². The molecule has 4 nitrogen and oxygen atoms in total. The second-order valence-corrected chi connectivity index (χ2v) is 5.48. The highest BCUT2D eigenvalue weighted by atomic mass is 16.5. The first kappa shape index (κ1) is 16.2. The Morgan fingerprint density at radius 2 is 1.84 bits per heavy atom. The molecule has 0 aromatic carbocycles. The van der Waals surface area contributed by atoms with Crippen LogP contribution in [0, 0.1) is 5.41 Å². The molecule has 110 valence electrons. The van der Waals surface area contributed by atoms with Gasteiger partial charge in [0.1, 0.15) is 5.41 Å². The molecule has 1 aliphatic heterocycles. The summed E-state index contributed by atoms with van der Waals surface area (Å²) in [5.74, 6) is -1.17. The van der Waals surface area contributed by atoms with Crippen molar-refractivity contribution in [1.82, 2.24) is 0 Å². The van der Waals surface area contributed by atoms with Crippen molar-refractivity contribution in [3.63, 3.8) is 0 Å². The molecular formula is C15H26O4. The Morgan fingerprint density at radius 1 is 1.21 bits per heavy atom. The van der Waals surface area contributed by atoms with Crippen LogP contribution in [0.25, 0.3) is 0 Å². The highest BCUT2D eigenvalue weighted by Gasteiger charge is 2.47. The quantitative estimate of drug-likeness (QED) is 0.516. The van der Waals surface area contributed by atoms with E-state index in [1.807, 2.05) is 0 Å². The molecule has 0 radical (unpaired) electrons. The van der Waals surface area contributed by atoms with E-state index in [2.05, 4.69) is 6.92 Å². The number of Topliss-reactive ketones (excluding diaryl/α,β-unsaturated/α-hetero) is 1. The standard InChI is InChI=1S/C15H26O4/c1-2-3-4-5-6-7-8-10-15(14(17)18)12-19-11-9-13(15)16/h2-12H2,1H3,(H,17,18). The molecule has 0 spiro atoms. The fraction of sp³-hybridized carbons (Fsp3) is 0.867. The maximum absolute atomic E-state index is 11.9. The Morgan fingerprint density at radius 3 is 2.42 bits per heavy atom. The van der Waals surface area contributed by atoms with Crippen LogP contribution < -0.4 is 0 Å². The summed E-state index contributed by atoms with van der Waals surface area (Å²) < 4.78 is 5.23. The summed E-state index contributed by atoms with van der Waals surface area (Å²) in [5.41, 5.74) is -1.26. The van der Waals surface area contributed by atoms with E-state index in [1.165, 1.54) is 25.7 Å². The number of carbonyl (C=O) groups excluding carboxylic acids is 1. The zero-order valence-electron chi connectivity index (χ0n) is 12.0. The molecule has 0 aromatic heterocycles. The van der Waals surface area contributed by atoms with Crippen LogP contribution in [0.3, 0.4) is 0 Å². The molecular weight excluding hydrogens is 244 g/mol. The molecule has 1 atom stereocenters. The Balaban J connectivity index is 2.30. The minimum Gasteiger partial charge on any atom is -0.480 e. The molecule has 1 N–H and O–H groups in total. The number of ketones is 1. The van der Waals surface area contributed by atoms with Crippen molar-refractivity contribution in [2.75, 3.05) is 13.2 Å². The molecule has 1 heterocycles. The van der Waals surface area contributed by atoms with Gasteiger partial charge in [0.05, 0.1) is 13.2 Å². The fourth-order valence-electron chi connectivity index (χ4n) is 2.61. The number of unbranched alkanes of at least 4 members (excludes halogenated alkanes) is 6. The number of hydrogen-bond donors (Lipinski definition) is 1. The van der Waals surface area contributed by atoms with Crippen molar-refractivity contribution in [3.05, 3.63) is 0 Å². The average molecular weight is 270 g/mol. The predicted molar refractivity (Wildman–Crippen MR) is 73.1 cm³/mol. The first-order chi connectivity index (χ1) is 9.13. The van der Waals surface area contributed by atoms with Crippen LogP contribution in [0.2, 0.25) is 0 Å². The topological polar surface area (TPSA) is 63.6 Å². The van der Waals surface area contributed by atoms with Crippen LogP contribution in [0.1, 0.15) is 64.7 Å². The van der Waals surface area contributed by atoms with Crippen molar-refractivity contribution in [1.29, 1.82) is 0 Å². The Labute approximate surface area is 115 Å². The third kappa shape index (κ3) is 4.60. The summed E-state index contributed by atoms with van der Waals surface area (Å²) in [4.78, 5) is 23.3. The molecule has 0 aliphatic carbocycles. The van der Waals surface area contributed by atoms with Gasteiger partial charge in [-0.05, 0) is 6.42 Å². The van der Waals surface area contributed by atoms with E-state index in [0.717, 1.165) is 19.3 Å². The van der Waals surface area contributed by atoms with Crippen LogP contribution in [0.4, 0.5) is 0 Å². The van der Waals surface area contributed by atoms with Gasteiger partial charge in [0.2, 0.25) is 0 Å². The van der Waals surface area contributed by atoms with Crippen LogP contribution in [0.5, 0.6) is 0 Å². The van der Waals surface area contributed by atoms with Crippen molar-refractivity contribution >= 4 is 11.8 Å². The second kappa shape index (κ2) is 8.31. The van der Waals surface area contributed by atoms with Crippen molar-refractivity contribution in [3.8, 4) is 0 Å². The smallest absolute Gasteiger partial charge is 0.319 e. The van der Waals surface area contributed by atoms with E-state index in [9.17, 15) is 14.7 Å².